The summed E-state index contributed by atoms with van der Waals surface area (Å²) in [4.78, 5) is 15.9. The number of anilines is 1. The second kappa shape index (κ2) is 5.87. The minimum atomic E-state index is 0.0851. The van der Waals surface area contributed by atoms with Crippen LogP contribution in [0, 0.1) is 6.92 Å². The molecule has 0 aliphatic carbocycles. The van der Waals surface area contributed by atoms with E-state index in [1.807, 2.05) is 4.90 Å². The Bertz CT molecular complexity index is 412. The average Bonchev–Trinajstić information content (AvgIpc) is 2.40. The van der Waals surface area contributed by atoms with E-state index < -0.39 is 0 Å². The number of aryl methyl sites for hydroxylation is 1. The number of rotatable bonds is 3. The van der Waals surface area contributed by atoms with E-state index in [1.165, 1.54) is 11.3 Å². The molecule has 0 atom stereocenters. The monoisotopic (exact) mass is 248 g/mol. The van der Waals surface area contributed by atoms with Crippen molar-refractivity contribution >= 4 is 11.6 Å². The standard InChI is InChI=1S/C14H20N2O2/c1-12-5-3-4-6-13(12)15-7-9-16(10-8-15)14(17)11-18-2/h3-6H,7-11H2,1-2H3. The number of amides is 1. The molecule has 4 nitrogen and oxygen atoms in total. The second-order valence-electron chi connectivity index (χ2n) is 4.59. The third-order valence-corrected chi connectivity index (χ3v) is 3.36. The summed E-state index contributed by atoms with van der Waals surface area (Å²) < 4.78 is 4.88. The number of carbonyl (C=O) groups excluding carboxylic acids is 1. The summed E-state index contributed by atoms with van der Waals surface area (Å²) in [6.45, 7) is 5.63. The smallest absolute Gasteiger partial charge is 0.248 e. The molecule has 1 amide bonds. The molecule has 1 heterocycles. The molecule has 0 spiro atoms. The van der Waals surface area contributed by atoms with Crippen molar-refractivity contribution in [2.75, 3.05) is 44.8 Å². The molecule has 1 saturated heterocycles. The van der Waals surface area contributed by atoms with E-state index in [0.717, 1.165) is 26.2 Å². The second-order valence-corrected chi connectivity index (χ2v) is 4.59. The lowest BCUT2D eigenvalue weighted by atomic mass is 10.1. The minimum absolute atomic E-state index is 0.0851. The number of carbonyl (C=O) groups is 1. The van der Waals surface area contributed by atoms with Crippen molar-refractivity contribution in [3.63, 3.8) is 0 Å². The van der Waals surface area contributed by atoms with Crippen molar-refractivity contribution in [3.8, 4) is 0 Å². The van der Waals surface area contributed by atoms with E-state index in [1.54, 1.807) is 7.11 Å². The molecule has 2 rings (SSSR count). The van der Waals surface area contributed by atoms with Gasteiger partial charge in [-0.05, 0) is 18.6 Å². The number of hydrogen-bond donors (Lipinski definition) is 0. The third kappa shape index (κ3) is 2.82. The lowest BCUT2D eigenvalue weighted by Gasteiger charge is -2.36. The summed E-state index contributed by atoms with van der Waals surface area (Å²) in [5.41, 5.74) is 2.56. The van der Waals surface area contributed by atoms with Gasteiger partial charge in [0.15, 0.2) is 0 Å². The SMILES string of the molecule is COCC(=O)N1CCN(c2ccccc2C)CC1. The molecule has 0 radical (unpaired) electrons. The van der Waals surface area contributed by atoms with Gasteiger partial charge < -0.3 is 14.5 Å². The predicted molar refractivity (Wildman–Crippen MR) is 71.8 cm³/mol. The maximum absolute atomic E-state index is 11.7. The van der Waals surface area contributed by atoms with E-state index in [-0.39, 0.29) is 12.5 Å². The van der Waals surface area contributed by atoms with Crippen LogP contribution < -0.4 is 4.90 Å². The maximum atomic E-state index is 11.7. The summed E-state index contributed by atoms with van der Waals surface area (Å²) in [5, 5.41) is 0. The fourth-order valence-electron chi connectivity index (χ4n) is 2.33. The molecule has 0 aromatic heterocycles. The Balaban J connectivity index is 1.95. The molecular formula is C14H20N2O2. The van der Waals surface area contributed by atoms with Gasteiger partial charge in [0.25, 0.3) is 0 Å². The Morgan fingerprint density at radius 3 is 2.50 bits per heavy atom. The normalized spacial score (nSPS) is 15.9. The van der Waals surface area contributed by atoms with E-state index in [2.05, 4.69) is 36.1 Å². The van der Waals surface area contributed by atoms with Crippen LogP contribution in [0.5, 0.6) is 0 Å². The Kier molecular flexibility index (Phi) is 4.20. The van der Waals surface area contributed by atoms with Crippen molar-refractivity contribution in [3.05, 3.63) is 29.8 Å². The van der Waals surface area contributed by atoms with Crippen molar-refractivity contribution in [1.29, 1.82) is 0 Å². The fourth-order valence-corrected chi connectivity index (χ4v) is 2.33. The number of benzene rings is 1. The van der Waals surface area contributed by atoms with Crippen LogP contribution >= 0.6 is 0 Å². The van der Waals surface area contributed by atoms with E-state index in [9.17, 15) is 4.79 Å². The quantitative estimate of drug-likeness (QED) is 0.808. The zero-order valence-electron chi connectivity index (χ0n) is 11.1. The first-order valence-corrected chi connectivity index (χ1v) is 6.29. The first-order chi connectivity index (χ1) is 8.72. The van der Waals surface area contributed by atoms with Crippen LogP contribution in [0.3, 0.4) is 0 Å². The number of para-hydroxylation sites is 1. The van der Waals surface area contributed by atoms with Crippen LogP contribution in [0.4, 0.5) is 5.69 Å². The van der Waals surface area contributed by atoms with Gasteiger partial charge in [-0.25, -0.2) is 0 Å². The summed E-state index contributed by atoms with van der Waals surface area (Å²) in [5.74, 6) is 0.0851. The summed E-state index contributed by atoms with van der Waals surface area (Å²) >= 11 is 0. The van der Waals surface area contributed by atoms with Crippen molar-refractivity contribution < 1.29 is 9.53 Å². The van der Waals surface area contributed by atoms with Gasteiger partial charge in [-0.1, -0.05) is 18.2 Å². The molecule has 1 aliphatic rings. The van der Waals surface area contributed by atoms with Crippen molar-refractivity contribution in [2.45, 2.75) is 6.92 Å². The van der Waals surface area contributed by atoms with E-state index >= 15 is 0 Å². The average molecular weight is 248 g/mol. The molecule has 18 heavy (non-hydrogen) atoms. The fraction of sp³-hybridized carbons (Fsp3) is 0.500. The van der Waals surface area contributed by atoms with Gasteiger partial charge in [-0.3, -0.25) is 4.79 Å². The number of piperazine rings is 1. The molecule has 0 unspecified atom stereocenters. The molecule has 1 aromatic carbocycles. The van der Waals surface area contributed by atoms with Crippen LogP contribution in [0.2, 0.25) is 0 Å². The largest absolute Gasteiger partial charge is 0.375 e. The minimum Gasteiger partial charge on any atom is -0.375 e. The number of hydrogen-bond acceptors (Lipinski definition) is 3. The number of ether oxygens (including phenoxy) is 1. The first kappa shape index (κ1) is 12.9. The molecule has 0 bridgehead atoms. The van der Waals surface area contributed by atoms with Crippen LogP contribution in [0.25, 0.3) is 0 Å². The van der Waals surface area contributed by atoms with Crippen molar-refractivity contribution in [2.24, 2.45) is 0 Å². The van der Waals surface area contributed by atoms with Crippen LogP contribution in [-0.4, -0.2) is 50.7 Å². The molecule has 98 valence electrons. The summed E-state index contributed by atoms with van der Waals surface area (Å²) in [6.07, 6.45) is 0. The van der Waals surface area contributed by atoms with Gasteiger partial charge in [-0.15, -0.1) is 0 Å². The topological polar surface area (TPSA) is 32.8 Å². The highest BCUT2D eigenvalue weighted by Crippen LogP contribution is 2.20. The van der Waals surface area contributed by atoms with E-state index in [4.69, 9.17) is 4.74 Å². The Labute approximate surface area is 108 Å². The Hall–Kier alpha value is -1.55. The maximum Gasteiger partial charge on any atom is 0.248 e. The Morgan fingerprint density at radius 2 is 1.89 bits per heavy atom. The highest BCUT2D eigenvalue weighted by Gasteiger charge is 2.21. The summed E-state index contributed by atoms with van der Waals surface area (Å²) in [6, 6.07) is 8.38. The van der Waals surface area contributed by atoms with Crippen LogP contribution in [-0.2, 0) is 9.53 Å². The molecule has 1 aliphatic heterocycles. The predicted octanol–water partition coefficient (Wildman–Crippen LogP) is 1.29. The highest BCUT2D eigenvalue weighted by atomic mass is 16.5. The molecule has 0 saturated carbocycles. The molecule has 1 aromatic rings. The molecule has 4 heteroatoms. The Morgan fingerprint density at radius 1 is 1.22 bits per heavy atom. The number of nitrogens with zero attached hydrogens (tertiary/aromatic N) is 2. The van der Waals surface area contributed by atoms with Gasteiger partial charge in [0, 0.05) is 39.0 Å². The zero-order chi connectivity index (χ0) is 13.0. The summed E-state index contributed by atoms with van der Waals surface area (Å²) in [7, 11) is 1.56. The number of methoxy groups -OCH3 is 1. The van der Waals surface area contributed by atoms with E-state index in [0.29, 0.717) is 0 Å². The molecular weight excluding hydrogens is 228 g/mol. The molecule has 0 N–H and O–H groups in total. The first-order valence-electron chi connectivity index (χ1n) is 6.29. The van der Waals surface area contributed by atoms with Gasteiger partial charge in [0.1, 0.15) is 6.61 Å². The van der Waals surface area contributed by atoms with Gasteiger partial charge in [0.05, 0.1) is 0 Å². The van der Waals surface area contributed by atoms with Crippen LogP contribution in [0.1, 0.15) is 5.56 Å². The lowest BCUT2D eigenvalue weighted by molar-refractivity contribution is -0.135. The van der Waals surface area contributed by atoms with Gasteiger partial charge >= 0.3 is 0 Å². The van der Waals surface area contributed by atoms with Crippen molar-refractivity contribution in [1.82, 2.24) is 4.90 Å². The third-order valence-electron chi connectivity index (χ3n) is 3.36. The van der Waals surface area contributed by atoms with Gasteiger partial charge in [-0.2, -0.15) is 0 Å². The zero-order valence-corrected chi connectivity index (χ0v) is 11.1. The van der Waals surface area contributed by atoms with Crippen LogP contribution in [0.15, 0.2) is 24.3 Å². The lowest BCUT2D eigenvalue weighted by Crippen LogP contribution is -2.49. The highest BCUT2D eigenvalue weighted by molar-refractivity contribution is 5.77. The van der Waals surface area contributed by atoms with Gasteiger partial charge in [0.2, 0.25) is 5.91 Å². The molecule has 1 fully saturated rings.